The SMILES string of the molecule is CCC(C)(C)OC(=O)N[C@H]1CN(C(=O)OC(C)(C)C)C[C@@H]1OS(C)(=O)=O. The zero-order valence-corrected chi connectivity index (χ0v) is 17.3. The zero-order valence-electron chi connectivity index (χ0n) is 16.5. The average molecular weight is 394 g/mol. The van der Waals surface area contributed by atoms with Crippen molar-refractivity contribution in [1.82, 2.24) is 10.2 Å². The van der Waals surface area contributed by atoms with E-state index in [9.17, 15) is 18.0 Å². The van der Waals surface area contributed by atoms with Crippen LogP contribution in [0, 0.1) is 0 Å². The first-order valence-corrected chi connectivity index (χ1v) is 10.3. The summed E-state index contributed by atoms with van der Waals surface area (Å²) in [5, 5.41) is 2.59. The van der Waals surface area contributed by atoms with Crippen molar-refractivity contribution in [3.8, 4) is 0 Å². The lowest BCUT2D eigenvalue weighted by atomic mass is 10.1. The minimum absolute atomic E-state index is 0.0237. The van der Waals surface area contributed by atoms with Gasteiger partial charge in [-0.3, -0.25) is 4.18 Å². The van der Waals surface area contributed by atoms with E-state index in [1.54, 1.807) is 34.6 Å². The van der Waals surface area contributed by atoms with Gasteiger partial charge in [-0.05, 0) is 41.0 Å². The Labute approximate surface area is 155 Å². The van der Waals surface area contributed by atoms with Crippen LogP contribution in [-0.2, 0) is 23.8 Å². The summed E-state index contributed by atoms with van der Waals surface area (Å²) < 4.78 is 38.6. The summed E-state index contributed by atoms with van der Waals surface area (Å²) in [4.78, 5) is 25.7. The van der Waals surface area contributed by atoms with Crippen LogP contribution in [0.4, 0.5) is 9.59 Å². The number of nitrogens with zero attached hydrogens (tertiary/aromatic N) is 1. The molecule has 1 aliphatic rings. The summed E-state index contributed by atoms with van der Waals surface area (Å²) in [5.41, 5.74) is -1.36. The Morgan fingerprint density at radius 2 is 1.69 bits per heavy atom. The van der Waals surface area contributed by atoms with Crippen LogP contribution in [0.15, 0.2) is 0 Å². The molecule has 0 bridgehead atoms. The normalized spacial score (nSPS) is 21.4. The standard InChI is InChI=1S/C16H30N2O7S/c1-8-16(5,6)23-13(19)17-11-9-18(14(20)24-15(2,3)4)10-12(11)25-26(7,21)22/h11-12H,8-10H2,1-7H3,(H,17,19)/t11-,12-/m0/s1. The van der Waals surface area contributed by atoms with Gasteiger partial charge in [0.1, 0.15) is 17.3 Å². The maximum Gasteiger partial charge on any atom is 0.410 e. The van der Waals surface area contributed by atoms with Gasteiger partial charge in [-0.2, -0.15) is 8.42 Å². The van der Waals surface area contributed by atoms with Gasteiger partial charge in [0, 0.05) is 6.54 Å². The van der Waals surface area contributed by atoms with Crippen molar-refractivity contribution in [3.05, 3.63) is 0 Å². The van der Waals surface area contributed by atoms with E-state index in [-0.39, 0.29) is 13.1 Å². The highest BCUT2D eigenvalue weighted by Gasteiger charge is 2.41. The second-order valence-electron chi connectivity index (χ2n) is 7.98. The summed E-state index contributed by atoms with van der Waals surface area (Å²) in [6.45, 7) is 10.6. The molecule has 1 N–H and O–H groups in total. The number of amides is 2. The van der Waals surface area contributed by atoms with E-state index in [0.29, 0.717) is 6.42 Å². The molecule has 1 fully saturated rings. The van der Waals surface area contributed by atoms with Crippen LogP contribution < -0.4 is 5.32 Å². The molecule has 0 saturated carbocycles. The van der Waals surface area contributed by atoms with Crippen molar-refractivity contribution >= 4 is 22.3 Å². The van der Waals surface area contributed by atoms with Crippen molar-refractivity contribution < 1.29 is 31.7 Å². The average Bonchev–Trinajstić information content (AvgIpc) is 2.77. The molecule has 0 aromatic heterocycles. The van der Waals surface area contributed by atoms with Crippen molar-refractivity contribution in [1.29, 1.82) is 0 Å². The molecule has 2 atom stereocenters. The molecular weight excluding hydrogens is 364 g/mol. The van der Waals surface area contributed by atoms with Gasteiger partial charge in [0.2, 0.25) is 0 Å². The summed E-state index contributed by atoms with van der Waals surface area (Å²) in [7, 11) is -3.77. The fourth-order valence-corrected chi connectivity index (χ4v) is 2.86. The Bertz CT molecular complexity index is 625. The Hall–Kier alpha value is -1.55. The van der Waals surface area contributed by atoms with Gasteiger partial charge < -0.3 is 19.7 Å². The van der Waals surface area contributed by atoms with Crippen LogP contribution in [0.3, 0.4) is 0 Å². The molecule has 0 aromatic rings. The van der Waals surface area contributed by atoms with E-state index < -0.39 is 45.7 Å². The first-order valence-electron chi connectivity index (χ1n) is 8.47. The largest absolute Gasteiger partial charge is 0.444 e. The zero-order chi connectivity index (χ0) is 20.3. The monoisotopic (exact) mass is 394 g/mol. The van der Waals surface area contributed by atoms with Crippen LogP contribution in [-0.4, -0.2) is 68.2 Å². The van der Waals surface area contributed by atoms with Crippen LogP contribution >= 0.6 is 0 Å². The lowest BCUT2D eigenvalue weighted by Gasteiger charge is -2.26. The molecule has 1 rings (SSSR count). The summed E-state index contributed by atoms with van der Waals surface area (Å²) in [6.07, 6.45) is -0.701. The predicted octanol–water partition coefficient (Wildman–Crippen LogP) is 1.87. The molecular formula is C16H30N2O7S. The fraction of sp³-hybridized carbons (Fsp3) is 0.875. The number of rotatable bonds is 5. The molecule has 26 heavy (non-hydrogen) atoms. The van der Waals surface area contributed by atoms with Crippen LogP contribution in [0.25, 0.3) is 0 Å². The fourth-order valence-electron chi connectivity index (χ4n) is 2.21. The van der Waals surface area contributed by atoms with Crippen molar-refractivity contribution in [3.63, 3.8) is 0 Å². The number of ether oxygens (including phenoxy) is 2. The molecule has 1 saturated heterocycles. The van der Waals surface area contributed by atoms with Crippen LogP contribution in [0.1, 0.15) is 48.0 Å². The van der Waals surface area contributed by atoms with E-state index in [1.165, 1.54) is 4.90 Å². The van der Waals surface area contributed by atoms with Crippen molar-refractivity contribution in [2.75, 3.05) is 19.3 Å². The number of nitrogens with one attached hydrogen (secondary N) is 1. The van der Waals surface area contributed by atoms with Gasteiger partial charge in [-0.15, -0.1) is 0 Å². The molecule has 1 heterocycles. The summed E-state index contributed by atoms with van der Waals surface area (Å²) in [6, 6.07) is -0.739. The molecule has 1 aliphatic heterocycles. The second kappa shape index (κ2) is 7.99. The van der Waals surface area contributed by atoms with E-state index in [0.717, 1.165) is 6.26 Å². The van der Waals surface area contributed by atoms with Gasteiger partial charge in [0.25, 0.3) is 10.1 Å². The Balaban J connectivity index is 2.85. The molecule has 0 unspecified atom stereocenters. The molecule has 10 heteroatoms. The predicted molar refractivity (Wildman–Crippen MR) is 95.3 cm³/mol. The molecule has 152 valence electrons. The second-order valence-corrected chi connectivity index (χ2v) is 9.58. The van der Waals surface area contributed by atoms with E-state index in [2.05, 4.69) is 5.32 Å². The molecule has 0 aromatic carbocycles. The van der Waals surface area contributed by atoms with E-state index in [1.807, 2.05) is 6.92 Å². The van der Waals surface area contributed by atoms with Crippen LogP contribution in [0.2, 0.25) is 0 Å². The van der Waals surface area contributed by atoms with Gasteiger partial charge >= 0.3 is 12.2 Å². The van der Waals surface area contributed by atoms with Gasteiger partial charge in [-0.1, -0.05) is 6.92 Å². The number of hydrogen-bond donors (Lipinski definition) is 1. The summed E-state index contributed by atoms with van der Waals surface area (Å²) in [5.74, 6) is 0. The Morgan fingerprint density at radius 1 is 1.12 bits per heavy atom. The third kappa shape index (κ3) is 7.77. The highest BCUT2D eigenvalue weighted by atomic mass is 32.2. The Kier molecular flexibility index (Phi) is 6.92. The quantitative estimate of drug-likeness (QED) is 0.709. The van der Waals surface area contributed by atoms with Gasteiger partial charge in [0.05, 0.1) is 18.8 Å². The maximum absolute atomic E-state index is 12.2. The van der Waals surface area contributed by atoms with E-state index >= 15 is 0 Å². The summed E-state index contributed by atoms with van der Waals surface area (Å²) >= 11 is 0. The van der Waals surface area contributed by atoms with Gasteiger partial charge in [-0.25, -0.2) is 9.59 Å². The van der Waals surface area contributed by atoms with Crippen LogP contribution in [0.5, 0.6) is 0 Å². The number of carbonyl (C=O) groups excluding carboxylic acids is 2. The number of carbonyl (C=O) groups is 2. The first-order chi connectivity index (χ1) is 11.6. The van der Waals surface area contributed by atoms with E-state index in [4.69, 9.17) is 13.7 Å². The minimum atomic E-state index is -3.77. The number of hydrogen-bond acceptors (Lipinski definition) is 7. The highest BCUT2D eigenvalue weighted by Crippen LogP contribution is 2.20. The van der Waals surface area contributed by atoms with Gasteiger partial charge in [0.15, 0.2) is 0 Å². The molecule has 0 aliphatic carbocycles. The lowest BCUT2D eigenvalue weighted by molar-refractivity contribution is 0.0265. The molecule has 0 radical (unpaired) electrons. The highest BCUT2D eigenvalue weighted by molar-refractivity contribution is 7.86. The van der Waals surface area contributed by atoms with Crippen molar-refractivity contribution in [2.45, 2.75) is 71.3 Å². The molecule has 9 nitrogen and oxygen atoms in total. The maximum atomic E-state index is 12.2. The smallest absolute Gasteiger partial charge is 0.410 e. The minimum Gasteiger partial charge on any atom is -0.444 e. The Morgan fingerprint density at radius 3 is 2.15 bits per heavy atom. The third-order valence-corrected chi connectivity index (χ3v) is 4.34. The number of likely N-dealkylation sites (tertiary alicyclic amines) is 1. The third-order valence-electron chi connectivity index (χ3n) is 3.74. The molecule has 2 amide bonds. The molecule has 0 spiro atoms. The van der Waals surface area contributed by atoms with Crippen molar-refractivity contribution in [2.24, 2.45) is 0 Å². The topological polar surface area (TPSA) is 111 Å². The first kappa shape index (κ1) is 22.5. The lowest BCUT2D eigenvalue weighted by Crippen LogP contribution is -2.47. The number of alkyl carbamates (subject to hydrolysis) is 1.